The van der Waals surface area contributed by atoms with Crippen molar-refractivity contribution in [1.29, 1.82) is 0 Å². The third-order valence-electron chi connectivity index (χ3n) is 4.30. The average Bonchev–Trinajstić information content (AvgIpc) is 2.83. The van der Waals surface area contributed by atoms with Crippen molar-refractivity contribution in [3.05, 3.63) is 17.5 Å². The van der Waals surface area contributed by atoms with E-state index in [2.05, 4.69) is 41.5 Å². The summed E-state index contributed by atoms with van der Waals surface area (Å²) in [4.78, 5) is 13.5. The average molecular weight is 279 g/mol. The molecule has 1 aliphatic rings. The van der Waals surface area contributed by atoms with Gasteiger partial charge in [-0.05, 0) is 45.7 Å². The number of aliphatic carboxylic acids is 1. The summed E-state index contributed by atoms with van der Waals surface area (Å²) in [5.41, 5.74) is 2.37. The van der Waals surface area contributed by atoms with Crippen LogP contribution in [0.25, 0.3) is 0 Å². The molecule has 1 aromatic rings. The molecule has 1 aromatic heterocycles. The molecule has 0 amide bonds. The lowest BCUT2D eigenvalue weighted by atomic mass is 9.91. The highest BCUT2D eigenvalue weighted by Gasteiger charge is 2.30. The van der Waals surface area contributed by atoms with Crippen LogP contribution in [0.3, 0.4) is 0 Å². The van der Waals surface area contributed by atoms with E-state index in [1.54, 1.807) is 0 Å². The van der Waals surface area contributed by atoms with E-state index < -0.39 is 5.97 Å². The lowest BCUT2D eigenvalue weighted by molar-refractivity contribution is -0.144. The predicted molar refractivity (Wildman–Crippen MR) is 77.5 cm³/mol. The Morgan fingerprint density at radius 3 is 2.80 bits per heavy atom. The first-order chi connectivity index (χ1) is 9.55. The standard InChI is InChI=1S/C15H25N3O2/c1-4-13-9-14(18(5-2)16-13)10-17-7-6-12(15(19)20)8-11(17)3/h9,11-12H,4-8,10H2,1-3H3,(H,19,20). The minimum atomic E-state index is -0.650. The SMILES string of the molecule is CCc1cc(CN2CCC(C(=O)O)CC2C)n(CC)n1. The molecule has 2 atom stereocenters. The van der Waals surface area contributed by atoms with Crippen LogP contribution in [0.15, 0.2) is 6.07 Å². The number of aromatic nitrogens is 2. The summed E-state index contributed by atoms with van der Waals surface area (Å²) in [6.07, 6.45) is 2.45. The maximum absolute atomic E-state index is 11.1. The molecule has 0 aromatic carbocycles. The first-order valence-electron chi connectivity index (χ1n) is 7.57. The fourth-order valence-corrected chi connectivity index (χ4v) is 2.98. The van der Waals surface area contributed by atoms with E-state index in [0.717, 1.165) is 44.6 Å². The number of piperidine rings is 1. The second kappa shape index (κ2) is 6.39. The van der Waals surface area contributed by atoms with Gasteiger partial charge in [0.1, 0.15) is 0 Å². The number of nitrogens with zero attached hydrogens (tertiary/aromatic N) is 3. The van der Waals surface area contributed by atoms with Crippen LogP contribution < -0.4 is 0 Å². The Morgan fingerprint density at radius 2 is 2.25 bits per heavy atom. The smallest absolute Gasteiger partial charge is 0.306 e. The van der Waals surface area contributed by atoms with Gasteiger partial charge >= 0.3 is 5.97 Å². The van der Waals surface area contributed by atoms with Crippen molar-refractivity contribution in [3.8, 4) is 0 Å². The molecule has 5 nitrogen and oxygen atoms in total. The van der Waals surface area contributed by atoms with E-state index in [-0.39, 0.29) is 5.92 Å². The maximum atomic E-state index is 11.1. The molecule has 2 heterocycles. The van der Waals surface area contributed by atoms with Crippen LogP contribution in [0.5, 0.6) is 0 Å². The molecular formula is C15H25N3O2. The molecule has 0 saturated carbocycles. The highest BCUT2D eigenvalue weighted by atomic mass is 16.4. The highest BCUT2D eigenvalue weighted by molar-refractivity contribution is 5.70. The van der Waals surface area contributed by atoms with Crippen LogP contribution in [-0.2, 0) is 24.3 Å². The predicted octanol–water partition coefficient (Wildman–Crippen LogP) is 2.15. The summed E-state index contributed by atoms with van der Waals surface area (Å²) < 4.78 is 2.06. The molecule has 0 spiro atoms. The van der Waals surface area contributed by atoms with Gasteiger partial charge in [0, 0.05) is 19.1 Å². The van der Waals surface area contributed by atoms with Gasteiger partial charge in [0.05, 0.1) is 17.3 Å². The van der Waals surface area contributed by atoms with Crippen molar-refractivity contribution in [3.63, 3.8) is 0 Å². The maximum Gasteiger partial charge on any atom is 0.306 e. The summed E-state index contributed by atoms with van der Waals surface area (Å²) in [6.45, 7) is 8.96. The lowest BCUT2D eigenvalue weighted by Crippen LogP contribution is -2.42. The molecule has 0 bridgehead atoms. The van der Waals surface area contributed by atoms with Crippen LogP contribution in [-0.4, -0.2) is 38.3 Å². The first-order valence-corrected chi connectivity index (χ1v) is 7.57. The molecule has 0 radical (unpaired) electrons. The van der Waals surface area contributed by atoms with Crippen molar-refractivity contribution in [1.82, 2.24) is 14.7 Å². The number of hydrogen-bond donors (Lipinski definition) is 1. The topological polar surface area (TPSA) is 58.4 Å². The fraction of sp³-hybridized carbons (Fsp3) is 0.733. The third kappa shape index (κ3) is 3.20. The van der Waals surface area contributed by atoms with Crippen LogP contribution in [0.2, 0.25) is 0 Å². The van der Waals surface area contributed by atoms with Crippen molar-refractivity contribution in [2.24, 2.45) is 5.92 Å². The summed E-state index contributed by atoms with van der Waals surface area (Å²) in [6, 6.07) is 2.50. The number of rotatable bonds is 5. The highest BCUT2D eigenvalue weighted by Crippen LogP contribution is 2.24. The Kier molecular flexibility index (Phi) is 4.81. The van der Waals surface area contributed by atoms with E-state index in [4.69, 9.17) is 5.11 Å². The van der Waals surface area contributed by atoms with Crippen LogP contribution in [0.1, 0.15) is 45.0 Å². The molecule has 2 unspecified atom stereocenters. The van der Waals surface area contributed by atoms with Crippen molar-refractivity contribution >= 4 is 5.97 Å². The molecule has 1 aliphatic heterocycles. The normalized spacial score (nSPS) is 23.9. The molecule has 1 fully saturated rings. The van der Waals surface area contributed by atoms with Gasteiger partial charge in [-0.2, -0.15) is 5.10 Å². The zero-order chi connectivity index (χ0) is 14.7. The molecule has 1 N–H and O–H groups in total. The number of likely N-dealkylation sites (tertiary alicyclic amines) is 1. The Hall–Kier alpha value is -1.36. The number of aryl methyl sites for hydroxylation is 2. The minimum absolute atomic E-state index is 0.177. The lowest BCUT2D eigenvalue weighted by Gasteiger charge is -2.36. The first kappa shape index (κ1) is 15.0. The van der Waals surface area contributed by atoms with Crippen LogP contribution in [0.4, 0.5) is 0 Å². The molecule has 112 valence electrons. The molecule has 2 rings (SSSR count). The van der Waals surface area contributed by atoms with Gasteiger partial charge in [0.2, 0.25) is 0 Å². The molecule has 1 saturated heterocycles. The number of carboxylic acid groups (broad SMARTS) is 1. The van der Waals surface area contributed by atoms with Crippen molar-refractivity contribution < 1.29 is 9.90 Å². The number of hydrogen-bond acceptors (Lipinski definition) is 3. The van der Waals surface area contributed by atoms with Gasteiger partial charge < -0.3 is 5.11 Å². The third-order valence-corrected chi connectivity index (χ3v) is 4.30. The van der Waals surface area contributed by atoms with Gasteiger partial charge in [0.15, 0.2) is 0 Å². The second-order valence-corrected chi connectivity index (χ2v) is 5.68. The molecule has 20 heavy (non-hydrogen) atoms. The Morgan fingerprint density at radius 1 is 1.50 bits per heavy atom. The Labute approximate surface area is 120 Å². The summed E-state index contributed by atoms with van der Waals surface area (Å²) in [7, 11) is 0. The van der Waals surface area contributed by atoms with Gasteiger partial charge in [0.25, 0.3) is 0 Å². The second-order valence-electron chi connectivity index (χ2n) is 5.68. The summed E-state index contributed by atoms with van der Waals surface area (Å²) in [5, 5.41) is 13.7. The van der Waals surface area contributed by atoms with Crippen molar-refractivity contribution in [2.45, 2.75) is 59.2 Å². The van der Waals surface area contributed by atoms with Gasteiger partial charge in [-0.1, -0.05) is 6.92 Å². The van der Waals surface area contributed by atoms with Gasteiger partial charge in [-0.25, -0.2) is 0 Å². The zero-order valence-corrected chi connectivity index (χ0v) is 12.7. The van der Waals surface area contributed by atoms with Gasteiger partial charge in [-0.3, -0.25) is 14.4 Å². The largest absolute Gasteiger partial charge is 0.481 e. The minimum Gasteiger partial charge on any atom is -0.481 e. The van der Waals surface area contributed by atoms with Crippen LogP contribution >= 0.6 is 0 Å². The summed E-state index contributed by atoms with van der Waals surface area (Å²) in [5.74, 6) is -0.827. The molecular weight excluding hydrogens is 254 g/mol. The van der Waals surface area contributed by atoms with E-state index in [1.165, 1.54) is 5.69 Å². The Balaban J connectivity index is 2.03. The monoisotopic (exact) mass is 279 g/mol. The molecule has 5 heteroatoms. The van der Waals surface area contributed by atoms with E-state index in [9.17, 15) is 4.79 Å². The zero-order valence-electron chi connectivity index (χ0n) is 12.7. The summed E-state index contributed by atoms with van der Waals surface area (Å²) >= 11 is 0. The van der Waals surface area contributed by atoms with E-state index in [0.29, 0.717) is 6.04 Å². The molecule has 0 aliphatic carbocycles. The number of carboxylic acids is 1. The quantitative estimate of drug-likeness (QED) is 0.897. The van der Waals surface area contributed by atoms with Crippen molar-refractivity contribution in [2.75, 3.05) is 6.54 Å². The fourth-order valence-electron chi connectivity index (χ4n) is 2.98. The van der Waals surface area contributed by atoms with E-state index in [1.807, 2.05) is 0 Å². The number of carbonyl (C=O) groups is 1. The van der Waals surface area contributed by atoms with E-state index >= 15 is 0 Å². The van der Waals surface area contributed by atoms with Gasteiger partial charge in [-0.15, -0.1) is 0 Å². The Bertz CT molecular complexity index is 470. The van der Waals surface area contributed by atoms with Crippen LogP contribution in [0, 0.1) is 5.92 Å².